The third-order valence-electron chi connectivity index (χ3n) is 4.93. The van der Waals surface area contributed by atoms with Crippen LogP contribution in [0.4, 0.5) is 5.82 Å². The number of nitrogens with one attached hydrogen (secondary N) is 1. The Labute approximate surface area is 183 Å². The van der Waals surface area contributed by atoms with Crippen LogP contribution >= 0.6 is 0 Å². The highest BCUT2D eigenvalue weighted by Crippen LogP contribution is 2.31. The van der Waals surface area contributed by atoms with E-state index >= 15 is 0 Å². The molecule has 8 nitrogen and oxygen atoms in total. The van der Waals surface area contributed by atoms with Crippen LogP contribution in [0.5, 0.6) is 11.5 Å². The van der Waals surface area contributed by atoms with E-state index in [1.54, 1.807) is 18.2 Å². The maximum Gasteiger partial charge on any atom is 0.249 e. The van der Waals surface area contributed by atoms with E-state index in [1.165, 1.54) is 17.0 Å². The van der Waals surface area contributed by atoms with Crippen molar-refractivity contribution in [3.63, 3.8) is 0 Å². The number of ether oxygens (including phenoxy) is 2. The molecule has 0 radical (unpaired) electrons. The van der Waals surface area contributed by atoms with Gasteiger partial charge in [-0.2, -0.15) is 15.0 Å². The molecule has 0 fully saturated rings. The van der Waals surface area contributed by atoms with E-state index in [0.717, 1.165) is 16.5 Å². The zero-order chi connectivity index (χ0) is 21.9. The van der Waals surface area contributed by atoms with Crippen molar-refractivity contribution in [2.75, 3.05) is 18.5 Å². The highest BCUT2D eigenvalue weighted by atomic mass is 16.6. The number of nitriles is 1. The molecule has 1 N–H and O–H groups in total. The van der Waals surface area contributed by atoms with Gasteiger partial charge >= 0.3 is 0 Å². The fraction of sp³-hybridized carbons (Fsp3) is 0.0833. The minimum absolute atomic E-state index is 0.237. The van der Waals surface area contributed by atoms with Crippen molar-refractivity contribution in [2.24, 2.45) is 0 Å². The lowest BCUT2D eigenvalue weighted by Gasteiger charge is -2.18. The number of anilines is 1. The number of fused-ring (bicyclic) bond motifs is 2. The molecule has 8 heteroatoms. The first kappa shape index (κ1) is 19.3. The third-order valence-corrected chi connectivity index (χ3v) is 4.93. The lowest BCUT2D eigenvalue weighted by molar-refractivity contribution is -0.111. The molecule has 3 heterocycles. The van der Waals surface area contributed by atoms with Gasteiger partial charge in [-0.1, -0.05) is 24.3 Å². The number of benzene rings is 2. The van der Waals surface area contributed by atoms with Crippen LogP contribution in [0.2, 0.25) is 0 Å². The fourth-order valence-corrected chi connectivity index (χ4v) is 3.39. The zero-order valence-corrected chi connectivity index (χ0v) is 16.9. The van der Waals surface area contributed by atoms with Crippen LogP contribution in [-0.2, 0) is 4.79 Å². The van der Waals surface area contributed by atoms with E-state index < -0.39 is 5.91 Å². The minimum Gasteiger partial charge on any atom is -0.486 e. The molecule has 0 bridgehead atoms. The van der Waals surface area contributed by atoms with Crippen molar-refractivity contribution in [1.29, 1.82) is 5.26 Å². The summed E-state index contributed by atoms with van der Waals surface area (Å²) < 4.78 is 12.5. The highest BCUT2D eigenvalue weighted by molar-refractivity contribution is 6.02. The quantitative estimate of drug-likeness (QED) is 0.502. The standard InChI is InChI=1S/C24H17N5O3/c25-14-18-15-26-29(22-9-7-17-3-1-2-4-19(17)27-22)24(18)28-23(30)10-6-16-5-8-20-21(13-16)32-12-11-31-20/h1-10,13,15H,11-12H2,(H,28,30)/b10-6-. The van der Waals surface area contributed by atoms with E-state index in [9.17, 15) is 10.1 Å². The average Bonchev–Trinajstić information content (AvgIpc) is 3.24. The summed E-state index contributed by atoms with van der Waals surface area (Å²) in [6.45, 7) is 1.01. The van der Waals surface area contributed by atoms with Gasteiger partial charge in [0.1, 0.15) is 24.8 Å². The molecule has 2 aromatic heterocycles. The summed E-state index contributed by atoms with van der Waals surface area (Å²) in [5.41, 5.74) is 1.81. The predicted octanol–water partition coefficient (Wildman–Crippen LogP) is 3.72. The van der Waals surface area contributed by atoms with Crippen molar-refractivity contribution in [1.82, 2.24) is 14.8 Å². The average molecular weight is 423 g/mol. The summed E-state index contributed by atoms with van der Waals surface area (Å²) >= 11 is 0. The third kappa shape index (κ3) is 3.75. The molecule has 0 spiro atoms. The van der Waals surface area contributed by atoms with E-state index in [0.29, 0.717) is 30.5 Å². The number of rotatable bonds is 4. The summed E-state index contributed by atoms with van der Waals surface area (Å²) in [4.78, 5) is 17.2. The summed E-state index contributed by atoms with van der Waals surface area (Å²) in [6.07, 6.45) is 4.45. The van der Waals surface area contributed by atoms with E-state index in [1.807, 2.05) is 42.5 Å². The molecule has 5 rings (SSSR count). The minimum atomic E-state index is -0.404. The van der Waals surface area contributed by atoms with Gasteiger partial charge < -0.3 is 14.8 Å². The van der Waals surface area contributed by atoms with Gasteiger partial charge in [-0.05, 0) is 42.0 Å². The van der Waals surface area contributed by atoms with Crippen LogP contribution < -0.4 is 14.8 Å². The Morgan fingerprint density at radius 3 is 2.81 bits per heavy atom. The van der Waals surface area contributed by atoms with Gasteiger partial charge in [0, 0.05) is 11.5 Å². The molecule has 0 unspecified atom stereocenters. The first-order chi connectivity index (χ1) is 15.7. The van der Waals surface area contributed by atoms with Crippen molar-refractivity contribution < 1.29 is 14.3 Å². The molecule has 156 valence electrons. The Kier molecular flexibility index (Phi) is 4.98. The number of hydrogen-bond donors (Lipinski definition) is 1. The smallest absolute Gasteiger partial charge is 0.249 e. The molecule has 32 heavy (non-hydrogen) atoms. The van der Waals surface area contributed by atoms with Gasteiger partial charge in [-0.25, -0.2) is 4.98 Å². The van der Waals surface area contributed by atoms with Crippen LogP contribution in [0, 0.1) is 11.3 Å². The topological polar surface area (TPSA) is 102 Å². The Morgan fingerprint density at radius 1 is 1.09 bits per heavy atom. The Hall–Kier alpha value is -4.64. The molecule has 2 aromatic carbocycles. The van der Waals surface area contributed by atoms with Crippen LogP contribution in [0.25, 0.3) is 22.8 Å². The van der Waals surface area contributed by atoms with E-state index in [4.69, 9.17) is 9.47 Å². The van der Waals surface area contributed by atoms with Gasteiger partial charge in [0.05, 0.1) is 11.7 Å². The predicted molar refractivity (Wildman–Crippen MR) is 119 cm³/mol. The van der Waals surface area contributed by atoms with E-state index in [2.05, 4.69) is 21.5 Å². The second kappa shape index (κ2) is 8.24. The number of aromatic nitrogens is 3. The van der Waals surface area contributed by atoms with Gasteiger partial charge in [-0.3, -0.25) is 4.79 Å². The lowest BCUT2D eigenvalue weighted by Crippen LogP contribution is -2.15. The normalized spacial score (nSPS) is 12.6. The summed E-state index contributed by atoms with van der Waals surface area (Å²) in [6, 6.07) is 18.9. The molecule has 4 aromatic rings. The van der Waals surface area contributed by atoms with Crippen LogP contribution in [0.1, 0.15) is 11.1 Å². The van der Waals surface area contributed by atoms with Gasteiger partial charge in [-0.15, -0.1) is 0 Å². The second-order valence-corrected chi connectivity index (χ2v) is 7.02. The number of carbonyl (C=O) groups is 1. The van der Waals surface area contributed by atoms with Crippen LogP contribution in [0.15, 0.2) is 66.9 Å². The first-order valence-corrected chi connectivity index (χ1v) is 9.94. The monoisotopic (exact) mass is 423 g/mol. The van der Waals surface area contributed by atoms with Crippen molar-refractivity contribution in [3.8, 4) is 23.4 Å². The Morgan fingerprint density at radius 2 is 1.94 bits per heavy atom. The molecular formula is C24H17N5O3. The molecule has 0 atom stereocenters. The van der Waals surface area contributed by atoms with Gasteiger partial charge in [0.15, 0.2) is 23.1 Å². The maximum absolute atomic E-state index is 12.6. The van der Waals surface area contributed by atoms with Crippen molar-refractivity contribution in [2.45, 2.75) is 0 Å². The van der Waals surface area contributed by atoms with Crippen LogP contribution in [-0.4, -0.2) is 33.9 Å². The molecule has 0 saturated carbocycles. The molecule has 1 aliphatic heterocycles. The number of hydrogen-bond acceptors (Lipinski definition) is 6. The number of pyridine rings is 1. The summed E-state index contributed by atoms with van der Waals surface area (Å²) in [5.74, 6) is 1.68. The molecule has 1 amide bonds. The maximum atomic E-state index is 12.6. The number of carbonyl (C=O) groups excluding carboxylic acids is 1. The highest BCUT2D eigenvalue weighted by Gasteiger charge is 2.16. The second-order valence-electron chi connectivity index (χ2n) is 7.02. The molecular weight excluding hydrogens is 406 g/mol. The summed E-state index contributed by atoms with van der Waals surface area (Å²) in [7, 11) is 0. The Balaban J connectivity index is 1.40. The number of nitrogens with zero attached hydrogens (tertiary/aromatic N) is 4. The fourth-order valence-electron chi connectivity index (χ4n) is 3.39. The molecule has 0 saturated heterocycles. The van der Waals surface area contributed by atoms with Crippen LogP contribution in [0.3, 0.4) is 0 Å². The zero-order valence-electron chi connectivity index (χ0n) is 16.9. The number of para-hydroxylation sites is 1. The van der Waals surface area contributed by atoms with Gasteiger partial charge in [0.25, 0.3) is 0 Å². The molecule has 1 aliphatic rings. The largest absolute Gasteiger partial charge is 0.486 e. The van der Waals surface area contributed by atoms with Crippen molar-refractivity contribution >= 4 is 28.7 Å². The summed E-state index contributed by atoms with van der Waals surface area (Å²) in [5, 5.41) is 17.4. The Bertz CT molecular complexity index is 1400. The van der Waals surface area contributed by atoms with E-state index in [-0.39, 0.29) is 11.4 Å². The SMILES string of the molecule is N#Cc1cnn(-c2ccc3ccccc3n2)c1NC(=O)/C=C\c1ccc2c(c1)OCCO2. The number of amides is 1. The van der Waals surface area contributed by atoms with Crippen molar-refractivity contribution in [3.05, 3.63) is 78.0 Å². The lowest BCUT2D eigenvalue weighted by atomic mass is 10.2. The van der Waals surface area contributed by atoms with Gasteiger partial charge in [0.2, 0.25) is 5.91 Å². The first-order valence-electron chi connectivity index (χ1n) is 9.94. The molecule has 0 aliphatic carbocycles.